The van der Waals surface area contributed by atoms with E-state index in [1.807, 2.05) is 0 Å². The lowest BCUT2D eigenvalue weighted by atomic mass is 9.59. The van der Waals surface area contributed by atoms with Crippen molar-refractivity contribution >= 4 is 47.9 Å². The Bertz CT molecular complexity index is 1710. The summed E-state index contributed by atoms with van der Waals surface area (Å²) in [4.78, 5) is 15.7. The van der Waals surface area contributed by atoms with Crippen LogP contribution in [0.15, 0.2) is 44.2 Å². The fourth-order valence-corrected chi connectivity index (χ4v) is 10.1. The third-order valence-electron chi connectivity index (χ3n) is 8.65. The number of sulfonamides is 1. The number of halogens is 1. The fraction of sp³-hybridized carbons (Fsp3) is 0.481. The molecule has 3 saturated carbocycles. The van der Waals surface area contributed by atoms with E-state index < -0.39 is 31.6 Å². The smallest absolute Gasteiger partial charge is 0.287 e. The number of carbonyl (C=O) groups excluding carboxylic acids is 1. The van der Waals surface area contributed by atoms with E-state index >= 15 is 0 Å². The lowest BCUT2D eigenvalue weighted by molar-refractivity contribution is -0.140. The summed E-state index contributed by atoms with van der Waals surface area (Å²) in [6, 6.07) is 4.11. The molecule has 1 aromatic carbocycles. The monoisotopic (exact) mass is 623 g/mol. The number of benzene rings is 1. The van der Waals surface area contributed by atoms with Crippen molar-refractivity contribution in [1.29, 1.82) is 0 Å². The van der Waals surface area contributed by atoms with Crippen molar-refractivity contribution in [2.45, 2.75) is 49.6 Å². The average Bonchev–Trinajstić information content (AvgIpc) is 3.34. The number of hydrogen-bond donors (Lipinski definition) is 2. The molecule has 1 aromatic heterocycles. The van der Waals surface area contributed by atoms with E-state index in [4.69, 9.17) is 4.74 Å². The number of carbonyl (C=O) groups is 1. The highest BCUT2D eigenvalue weighted by Crippen LogP contribution is 2.53. The van der Waals surface area contributed by atoms with Gasteiger partial charge in [0.05, 0.1) is 12.9 Å². The Labute approximate surface area is 241 Å². The largest absolute Gasteiger partial charge is 0.511 e. The number of anilines is 1. The molecule has 0 saturated heterocycles. The molecular weight excluding hydrogens is 594 g/mol. The number of amidine groups is 1. The number of methoxy groups -OCH3 is 1. The van der Waals surface area contributed by atoms with Crippen molar-refractivity contribution in [2.24, 2.45) is 22.2 Å². The van der Waals surface area contributed by atoms with E-state index in [-0.39, 0.29) is 75.3 Å². The van der Waals surface area contributed by atoms with Gasteiger partial charge in [0.2, 0.25) is 0 Å². The number of aliphatic hydroxyl groups is 1. The van der Waals surface area contributed by atoms with Gasteiger partial charge in [0.1, 0.15) is 31.1 Å². The maximum atomic E-state index is 14.2. The van der Waals surface area contributed by atoms with Crippen LogP contribution in [0, 0.1) is 23.6 Å². The minimum atomic E-state index is -4.31. The van der Waals surface area contributed by atoms with Crippen molar-refractivity contribution in [2.75, 3.05) is 24.4 Å². The van der Waals surface area contributed by atoms with Gasteiger partial charge >= 0.3 is 0 Å². The van der Waals surface area contributed by atoms with E-state index in [0.29, 0.717) is 11.1 Å². The highest BCUT2D eigenvalue weighted by molar-refractivity contribution is 7.91. The summed E-state index contributed by atoms with van der Waals surface area (Å²) >= 11 is 1.07. The number of ether oxygens (including phenoxy) is 1. The van der Waals surface area contributed by atoms with Crippen molar-refractivity contribution in [3.05, 3.63) is 51.9 Å². The van der Waals surface area contributed by atoms with Crippen LogP contribution in [0.4, 0.5) is 9.39 Å². The number of thiophene rings is 1. The van der Waals surface area contributed by atoms with Crippen LogP contribution < -0.4 is 10.1 Å². The van der Waals surface area contributed by atoms with Gasteiger partial charge in [0.25, 0.3) is 15.9 Å². The van der Waals surface area contributed by atoms with Gasteiger partial charge in [-0.25, -0.2) is 12.8 Å². The summed E-state index contributed by atoms with van der Waals surface area (Å²) in [7, 11) is -6.27. The zero-order valence-corrected chi connectivity index (χ0v) is 24.9. The predicted molar refractivity (Wildman–Crippen MR) is 152 cm³/mol. The van der Waals surface area contributed by atoms with E-state index in [2.05, 4.69) is 9.71 Å². The van der Waals surface area contributed by atoms with Crippen LogP contribution in [-0.2, 0) is 37.6 Å². The molecule has 14 heteroatoms. The van der Waals surface area contributed by atoms with Gasteiger partial charge < -0.3 is 20.1 Å². The summed E-state index contributed by atoms with van der Waals surface area (Å²) in [6.07, 6.45) is 4.72. The number of aryl methyl sites for hydroxylation is 1. The standard InChI is InChI=1S/C27H30FN3O7S3/c1-38-19-11-14(3-8-18(19)28)12-31-22-16-6-4-15(5-7-16)20(22)23(32)21(27(31)33)25-29-26-24(41(36,37)30-25)17(13-39-26)9-10-40(2,34)35/h3,8,11,13,15-16,20,22,32H,4-7,9-10,12H2,1-2H3,(H,29,30). The molecule has 7 rings (SSSR count). The van der Waals surface area contributed by atoms with Gasteiger partial charge in [0, 0.05) is 24.8 Å². The van der Waals surface area contributed by atoms with Crippen LogP contribution in [0.1, 0.15) is 36.8 Å². The molecule has 3 fully saturated rings. The zero-order chi connectivity index (χ0) is 29.3. The summed E-state index contributed by atoms with van der Waals surface area (Å²) in [5.41, 5.74) is 0.781. The molecule has 2 atom stereocenters. The molecule has 1 amide bonds. The number of sulfone groups is 1. The first-order chi connectivity index (χ1) is 19.4. The Morgan fingerprint density at radius 2 is 1.93 bits per heavy atom. The molecule has 3 aliphatic carbocycles. The molecule has 2 aromatic rings. The Morgan fingerprint density at radius 1 is 1.22 bits per heavy atom. The van der Waals surface area contributed by atoms with E-state index in [1.165, 1.54) is 19.2 Å². The maximum absolute atomic E-state index is 14.2. The van der Waals surface area contributed by atoms with E-state index in [1.54, 1.807) is 16.3 Å². The molecule has 2 bridgehead atoms. The Kier molecular flexibility index (Phi) is 6.93. The molecule has 3 heterocycles. The molecule has 5 aliphatic rings. The third kappa shape index (κ3) is 4.93. The maximum Gasteiger partial charge on any atom is 0.287 e. The van der Waals surface area contributed by atoms with Crippen LogP contribution >= 0.6 is 11.3 Å². The molecule has 220 valence electrons. The van der Waals surface area contributed by atoms with Crippen LogP contribution in [0.2, 0.25) is 0 Å². The normalized spacial score (nSPS) is 26.8. The topological polar surface area (TPSA) is 142 Å². The van der Waals surface area contributed by atoms with Crippen molar-refractivity contribution in [1.82, 2.24) is 4.90 Å². The number of aliphatic hydroxyl groups excluding tert-OH is 1. The van der Waals surface area contributed by atoms with Crippen molar-refractivity contribution in [3.8, 4) is 5.75 Å². The quantitative estimate of drug-likeness (QED) is 0.476. The van der Waals surface area contributed by atoms with Crippen molar-refractivity contribution < 1.29 is 35.9 Å². The lowest BCUT2D eigenvalue weighted by Gasteiger charge is -2.54. The molecule has 41 heavy (non-hydrogen) atoms. The first kappa shape index (κ1) is 28.2. The fourth-order valence-electron chi connectivity index (χ4n) is 6.83. The second-order valence-electron chi connectivity index (χ2n) is 11.2. The first-order valence-corrected chi connectivity index (χ1v) is 17.7. The Morgan fingerprint density at radius 3 is 2.61 bits per heavy atom. The highest BCUT2D eigenvalue weighted by atomic mass is 32.2. The van der Waals surface area contributed by atoms with E-state index in [9.17, 15) is 31.1 Å². The molecular formula is C27H30FN3O7S3. The minimum absolute atomic E-state index is 0.00500. The van der Waals surface area contributed by atoms with Gasteiger partial charge in [-0.1, -0.05) is 6.07 Å². The van der Waals surface area contributed by atoms with Crippen molar-refractivity contribution in [3.63, 3.8) is 0 Å². The number of fused-ring (bicyclic) bond motifs is 3. The van der Waals surface area contributed by atoms with Gasteiger partial charge in [0.15, 0.2) is 17.4 Å². The highest BCUT2D eigenvalue weighted by Gasteiger charge is 2.54. The summed E-state index contributed by atoms with van der Waals surface area (Å²) in [6.45, 7) is 0.122. The molecule has 0 radical (unpaired) electrons. The number of nitrogens with one attached hydrogen (secondary N) is 1. The zero-order valence-electron chi connectivity index (χ0n) is 22.5. The van der Waals surface area contributed by atoms with Gasteiger partial charge in [-0.3, -0.25) is 4.79 Å². The SMILES string of the molecule is COc1cc(CN2C(=O)C(C3=NS(=O)(=O)c4c(CCS(C)(=O)=O)csc4N3)=C(O)C3C4CCC(CC4)C32)ccc1F. The van der Waals surface area contributed by atoms with Crippen LogP contribution in [0.5, 0.6) is 5.75 Å². The average molecular weight is 624 g/mol. The summed E-state index contributed by atoms with van der Waals surface area (Å²) < 4.78 is 73.3. The minimum Gasteiger partial charge on any atom is -0.511 e. The van der Waals surface area contributed by atoms with Crippen LogP contribution in [-0.4, -0.2) is 63.7 Å². The van der Waals surface area contributed by atoms with Gasteiger partial charge in [-0.15, -0.1) is 15.7 Å². The molecule has 10 nitrogen and oxygen atoms in total. The summed E-state index contributed by atoms with van der Waals surface area (Å²) in [5.74, 6) is -1.74. The predicted octanol–water partition coefficient (Wildman–Crippen LogP) is 3.65. The summed E-state index contributed by atoms with van der Waals surface area (Å²) in [5, 5.41) is 16.3. The Hall–Kier alpha value is -2.97. The van der Waals surface area contributed by atoms with Crippen LogP contribution in [0.3, 0.4) is 0 Å². The first-order valence-electron chi connectivity index (χ1n) is 13.3. The molecule has 2 N–H and O–H groups in total. The lowest BCUT2D eigenvalue weighted by Crippen LogP contribution is -2.60. The number of rotatable bonds is 7. The number of amides is 1. The molecule has 2 aliphatic heterocycles. The van der Waals surface area contributed by atoms with E-state index in [0.717, 1.165) is 43.3 Å². The third-order valence-corrected chi connectivity index (χ3v) is 12.1. The molecule has 2 unspecified atom stereocenters. The van der Waals surface area contributed by atoms with Gasteiger partial charge in [-0.05, 0) is 72.6 Å². The Balaban J connectivity index is 1.40. The molecule has 0 spiro atoms. The second-order valence-corrected chi connectivity index (χ2v) is 15.9. The number of nitrogens with zero attached hydrogens (tertiary/aromatic N) is 2. The second kappa shape index (κ2) is 10.1. The number of hydrogen-bond acceptors (Lipinski definition) is 9. The van der Waals surface area contributed by atoms with Crippen LogP contribution in [0.25, 0.3) is 0 Å². The van der Waals surface area contributed by atoms with Gasteiger partial charge in [-0.2, -0.15) is 8.42 Å².